The lowest BCUT2D eigenvalue weighted by Gasteiger charge is -2.32. The Kier molecular flexibility index (Phi) is 7.81. The van der Waals surface area contributed by atoms with Crippen molar-refractivity contribution >= 4 is 90.1 Å². The van der Waals surface area contributed by atoms with Crippen LogP contribution in [0.1, 0.15) is 12.5 Å². The average Bonchev–Trinajstić information content (AvgIpc) is 3.72. The minimum atomic E-state index is -3.31. The number of alkyl halides is 1. The van der Waals surface area contributed by atoms with Crippen molar-refractivity contribution in [3.8, 4) is 0 Å². The second-order valence-electron chi connectivity index (χ2n) is 10.4. The Hall–Kier alpha value is -2.55. The SMILES string of the molecule is C=P1(S)OC[C@H]2O[C@@H](n3cnc4c(N)nc(N)nc43)[C@H](O)[C@@H]2OP(=C)(S)OC[C@@H]2O[C@H](n3cnc4c(N)ncnc43)[C@H](F)[C@H]2O1. The third-order valence-electron chi connectivity index (χ3n) is 7.43. The first kappa shape index (κ1) is 31.1. The number of imidazole rings is 2. The Morgan fingerprint density at radius 1 is 0.822 bits per heavy atom. The van der Waals surface area contributed by atoms with Gasteiger partial charge in [0, 0.05) is 0 Å². The second-order valence-corrected chi connectivity index (χ2v) is 17.6. The Labute approximate surface area is 264 Å². The number of rotatable bonds is 2. The molecule has 3 aliphatic heterocycles. The standard InChI is InChI=1S/C22H28FN11O7P2S2/c1-42(44)37-4-9-15(13(35)21(39-9)34-7-30-12-17(25)31-22(26)32-19(12)34)41-43(2,45)36-3-8-14(40-42)10(23)20(38-8)33-6-29-11-16(24)27-5-28-18(11)33/h5-10,13-15,20-21,35,44-45H,1-4H2,(H2,24,27,28)(H4,25,26,31,32)/t8-,9+,10+,13+,14-,15+,20-,21+,42?,43?/m0/s1. The molecule has 0 bridgehead atoms. The molecule has 0 saturated carbocycles. The van der Waals surface area contributed by atoms with E-state index in [0.29, 0.717) is 0 Å². The van der Waals surface area contributed by atoms with Crippen molar-refractivity contribution in [3.63, 3.8) is 0 Å². The number of aliphatic hydroxyl groups is 1. The number of thiol groups is 2. The molecule has 0 radical (unpaired) electrons. The smallest absolute Gasteiger partial charge is 0.224 e. The summed E-state index contributed by atoms with van der Waals surface area (Å²) < 4.78 is 55.4. The minimum absolute atomic E-state index is 0.0555. The van der Waals surface area contributed by atoms with E-state index >= 15 is 4.39 Å². The number of nitrogens with two attached hydrogens (primary N) is 3. The van der Waals surface area contributed by atoms with E-state index in [1.165, 1.54) is 28.1 Å². The number of nitrogen functional groups attached to an aromatic ring is 3. The van der Waals surface area contributed by atoms with Crippen LogP contribution in [0.2, 0.25) is 0 Å². The Balaban J connectivity index is 1.17. The Morgan fingerprint density at radius 2 is 1.40 bits per heavy atom. The zero-order valence-electron chi connectivity index (χ0n) is 23.1. The number of nitrogens with zero attached hydrogens (tertiary/aromatic N) is 8. The van der Waals surface area contributed by atoms with Gasteiger partial charge in [0.05, 0.1) is 25.9 Å². The van der Waals surface area contributed by atoms with Crippen molar-refractivity contribution in [3.05, 3.63) is 19.0 Å². The fourth-order valence-corrected chi connectivity index (χ4v) is 8.62. The van der Waals surface area contributed by atoms with Gasteiger partial charge in [-0.2, -0.15) is 9.97 Å². The maximum atomic E-state index is 16.2. The van der Waals surface area contributed by atoms with Crippen LogP contribution in [0, 0.1) is 0 Å². The summed E-state index contributed by atoms with van der Waals surface area (Å²) in [5, 5.41) is 11.4. The number of halogens is 1. The summed E-state index contributed by atoms with van der Waals surface area (Å²) in [6.45, 7) is -7.08. The summed E-state index contributed by atoms with van der Waals surface area (Å²) in [6.07, 6.45) is 2.20. The molecule has 3 saturated heterocycles. The first-order valence-electron chi connectivity index (χ1n) is 13.2. The Morgan fingerprint density at radius 3 is 2.09 bits per heavy atom. The molecular formula is C22H28FN11O7P2S2. The van der Waals surface area contributed by atoms with Gasteiger partial charge in [-0.1, -0.05) is 24.5 Å². The molecule has 0 amide bonds. The third-order valence-corrected chi connectivity index (χ3v) is 10.9. The van der Waals surface area contributed by atoms with Crippen LogP contribution in [0.5, 0.6) is 0 Å². The normalized spacial score (nSPS) is 37.7. The lowest BCUT2D eigenvalue weighted by molar-refractivity contribution is -0.0521. The van der Waals surface area contributed by atoms with Gasteiger partial charge >= 0.3 is 0 Å². The largest absolute Gasteiger partial charge is 0.386 e. The predicted octanol–water partition coefficient (Wildman–Crippen LogP) is 0.973. The number of aliphatic hydroxyl groups excluding tert-OH is 1. The highest BCUT2D eigenvalue weighted by molar-refractivity contribution is 8.48. The van der Waals surface area contributed by atoms with Gasteiger partial charge in [-0.05, 0) is 12.6 Å². The van der Waals surface area contributed by atoms with E-state index in [-0.39, 0.29) is 53.1 Å². The summed E-state index contributed by atoms with van der Waals surface area (Å²) in [4.78, 5) is 24.6. The molecule has 7 heterocycles. The minimum Gasteiger partial charge on any atom is -0.386 e. The molecule has 242 valence electrons. The van der Waals surface area contributed by atoms with E-state index in [4.69, 9.17) is 44.8 Å². The van der Waals surface area contributed by atoms with Crippen molar-refractivity contribution in [1.82, 2.24) is 39.0 Å². The molecule has 2 unspecified atom stereocenters. The van der Waals surface area contributed by atoms with E-state index in [9.17, 15) is 5.11 Å². The van der Waals surface area contributed by atoms with E-state index in [1.54, 1.807) is 0 Å². The molecule has 3 aliphatic rings. The average molecular weight is 704 g/mol. The van der Waals surface area contributed by atoms with Crippen LogP contribution in [0.25, 0.3) is 22.3 Å². The third kappa shape index (κ3) is 5.59. The van der Waals surface area contributed by atoms with Gasteiger partial charge in [0.15, 0.2) is 54.6 Å². The molecule has 4 aromatic rings. The van der Waals surface area contributed by atoms with Crippen LogP contribution < -0.4 is 17.2 Å². The van der Waals surface area contributed by atoms with Gasteiger partial charge in [-0.15, -0.1) is 0 Å². The summed E-state index contributed by atoms with van der Waals surface area (Å²) in [5.41, 5.74) is 18.7. The van der Waals surface area contributed by atoms with Crippen LogP contribution in [0.3, 0.4) is 0 Å². The van der Waals surface area contributed by atoms with E-state index in [0.717, 1.165) is 0 Å². The highest BCUT2D eigenvalue weighted by Gasteiger charge is 2.52. The zero-order valence-corrected chi connectivity index (χ0v) is 26.6. The van der Waals surface area contributed by atoms with Crippen molar-refractivity contribution in [2.24, 2.45) is 0 Å². The van der Waals surface area contributed by atoms with Gasteiger partial charge < -0.3 is 49.9 Å². The summed E-state index contributed by atoms with van der Waals surface area (Å²) in [7, 11) is 0. The molecule has 3 fully saturated rings. The maximum absolute atomic E-state index is 16.2. The highest BCUT2D eigenvalue weighted by Crippen LogP contribution is 2.60. The van der Waals surface area contributed by atoms with Crippen molar-refractivity contribution in [2.75, 3.05) is 30.4 Å². The molecule has 45 heavy (non-hydrogen) atoms. The molecule has 7 N–H and O–H groups in total. The summed E-state index contributed by atoms with van der Waals surface area (Å²) >= 11 is 9.05. The van der Waals surface area contributed by atoms with Crippen molar-refractivity contribution in [1.29, 1.82) is 0 Å². The molecular weight excluding hydrogens is 675 g/mol. The zero-order chi connectivity index (χ0) is 31.8. The van der Waals surface area contributed by atoms with Crippen LogP contribution >= 0.6 is 37.6 Å². The summed E-state index contributed by atoms with van der Waals surface area (Å²) in [5.74, 6) is 0.0916. The molecule has 4 aromatic heterocycles. The highest BCUT2D eigenvalue weighted by atomic mass is 32.7. The van der Waals surface area contributed by atoms with Crippen LogP contribution in [-0.4, -0.2) is 107 Å². The molecule has 10 atom stereocenters. The van der Waals surface area contributed by atoms with Crippen LogP contribution in [0.4, 0.5) is 22.0 Å². The quantitative estimate of drug-likeness (QED) is 0.126. The number of hydrogen-bond acceptors (Lipinski definition) is 18. The number of fused-ring (bicyclic) bond motifs is 4. The van der Waals surface area contributed by atoms with Gasteiger partial charge in [0.25, 0.3) is 0 Å². The molecule has 0 aromatic carbocycles. The fraction of sp³-hybridized carbons (Fsp3) is 0.455. The molecule has 0 spiro atoms. The number of hydrogen-bond donors (Lipinski definition) is 6. The van der Waals surface area contributed by atoms with Gasteiger partial charge in [-0.25, -0.2) is 24.3 Å². The van der Waals surface area contributed by atoms with Gasteiger partial charge in [0.1, 0.15) is 47.9 Å². The maximum Gasteiger partial charge on any atom is 0.224 e. The predicted molar refractivity (Wildman–Crippen MR) is 170 cm³/mol. The van der Waals surface area contributed by atoms with E-state index in [1.807, 2.05) is 0 Å². The number of aromatic nitrogens is 8. The van der Waals surface area contributed by atoms with Gasteiger partial charge in [0.2, 0.25) is 5.95 Å². The molecule has 18 nitrogen and oxygen atoms in total. The van der Waals surface area contributed by atoms with Crippen molar-refractivity contribution < 1.29 is 37.1 Å². The number of ether oxygens (including phenoxy) is 2. The first-order chi connectivity index (χ1) is 21.3. The van der Waals surface area contributed by atoms with Gasteiger partial charge in [-0.3, -0.25) is 9.13 Å². The first-order valence-corrected chi connectivity index (χ1v) is 19.1. The molecule has 0 aliphatic carbocycles. The Bertz CT molecular complexity index is 1890. The topological polar surface area (TPSA) is 241 Å². The lowest BCUT2D eigenvalue weighted by atomic mass is 10.1. The van der Waals surface area contributed by atoms with Crippen LogP contribution in [-0.2, 0) is 27.6 Å². The number of anilines is 3. The lowest BCUT2D eigenvalue weighted by Crippen LogP contribution is -2.37. The van der Waals surface area contributed by atoms with E-state index < -0.39 is 62.2 Å². The second kappa shape index (κ2) is 11.3. The molecule has 7 rings (SSSR count). The van der Waals surface area contributed by atoms with E-state index in [2.05, 4.69) is 67.0 Å². The summed E-state index contributed by atoms with van der Waals surface area (Å²) in [6, 6.07) is 0. The fourth-order valence-electron chi connectivity index (χ4n) is 5.41. The molecule has 23 heteroatoms. The van der Waals surface area contributed by atoms with Crippen molar-refractivity contribution in [2.45, 2.75) is 49.1 Å². The monoisotopic (exact) mass is 703 g/mol. The van der Waals surface area contributed by atoms with Crippen LogP contribution in [0.15, 0.2) is 19.0 Å².